The molecule has 0 amide bonds. The highest BCUT2D eigenvalue weighted by atomic mass is 79.9. The van der Waals surface area contributed by atoms with Crippen LogP contribution >= 0.6 is 15.9 Å². The molecule has 0 atom stereocenters. The molecule has 108 valence electrons. The van der Waals surface area contributed by atoms with Crippen LogP contribution in [0.4, 0.5) is 0 Å². The standard InChI is InChI=1S/C11H23BrO5Si/c1-11(2,12)10(13)17-8-6-7-9-18(14-3,15-4)16-5/h6-9H2,1-5H3. The van der Waals surface area contributed by atoms with Crippen molar-refractivity contribution in [3.63, 3.8) is 0 Å². The highest BCUT2D eigenvalue weighted by Crippen LogP contribution is 2.19. The lowest BCUT2D eigenvalue weighted by atomic mass is 10.2. The summed E-state index contributed by atoms with van der Waals surface area (Å²) in [5, 5.41) is 0. The van der Waals surface area contributed by atoms with Gasteiger partial charge in [-0.1, -0.05) is 15.9 Å². The smallest absolute Gasteiger partial charge is 0.465 e. The maximum Gasteiger partial charge on any atom is 0.500 e. The summed E-state index contributed by atoms with van der Waals surface area (Å²) in [6.07, 6.45) is 1.59. The fraction of sp³-hybridized carbons (Fsp3) is 0.909. The largest absolute Gasteiger partial charge is 0.500 e. The molecular formula is C11H23BrO5Si. The monoisotopic (exact) mass is 342 g/mol. The van der Waals surface area contributed by atoms with Crippen LogP contribution in [0, 0.1) is 0 Å². The van der Waals surface area contributed by atoms with Gasteiger partial charge in [-0.2, -0.15) is 0 Å². The van der Waals surface area contributed by atoms with E-state index in [9.17, 15) is 4.79 Å². The normalized spacial score (nSPS) is 12.6. The Morgan fingerprint density at radius 1 is 1.11 bits per heavy atom. The molecule has 0 aliphatic carbocycles. The zero-order valence-electron chi connectivity index (χ0n) is 11.7. The van der Waals surface area contributed by atoms with Crippen LogP contribution in [0.3, 0.4) is 0 Å². The first-order valence-corrected chi connectivity index (χ1v) is 8.55. The molecular weight excluding hydrogens is 320 g/mol. The van der Waals surface area contributed by atoms with Crippen LogP contribution in [0.15, 0.2) is 0 Å². The molecule has 0 aliphatic heterocycles. The van der Waals surface area contributed by atoms with Gasteiger partial charge in [-0.05, 0) is 26.7 Å². The lowest BCUT2D eigenvalue weighted by Crippen LogP contribution is -2.42. The molecule has 0 rings (SSSR count). The molecule has 0 aromatic heterocycles. The average molecular weight is 343 g/mol. The van der Waals surface area contributed by atoms with Crippen molar-refractivity contribution in [3.8, 4) is 0 Å². The quantitative estimate of drug-likeness (QED) is 0.278. The summed E-state index contributed by atoms with van der Waals surface area (Å²) < 4.78 is 20.4. The van der Waals surface area contributed by atoms with E-state index in [1.165, 1.54) is 0 Å². The van der Waals surface area contributed by atoms with E-state index in [0.717, 1.165) is 12.8 Å². The van der Waals surface area contributed by atoms with Crippen molar-refractivity contribution in [2.45, 2.75) is 37.1 Å². The molecule has 0 saturated heterocycles. The highest BCUT2D eigenvalue weighted by molar-refractivity contribution is 9.10. The number of ether oxygens (including phenoxy) is 1. The number of esters is 1. The second-order valence-electron chi connectivity index (χ2n) is 4.36. The Hall–Kier alpha value is 0.0469. The van der Waals surface area contributed by atoms with Gasteiger partial charge >= 0.3 is 14.8 Å². The summed E-state index contributed by atoms with van der Waals surface area (Å²) in [7, 11) is 2.29. The topological polar surface area (TPSA) is 54.0 Å². The van der Waals surface area contributed by atoms with Crippen molar-refractivity contribution >= 4 is 30.7 Å². The molecule has 0 unspecified atom stereocenters. The van der Waals surface area contributed by atoms with E-state index in [4.69, 9.17) is 18.0 Å². The van der Waals surface area contributed by atoms with Crippen molar-refractivity contribution < 1.29 is 22.8 Å². The molecule has 18 heavy (non-hydrogen) atoms. The van der Waals surface area contributed by atoms with Gasteiger partial charge in [0.25, 0.3) is 0 Å². The predicted molar refractivity (Wildman–Crippen MR) is 74.8 cm³/mol. The van der Waals surface area contributed by atoms with Crippen LogP contribution in [0.5, 0.6) is 0 Å². The zero-order valence-corrected chi connectivity index (χ0v) is 14.3. The third kappa shape index (κ3) is 6.28. The van der Waals surface area contributed by atoms with Crippen molar-refractivity contribution in [3.05, 3.63) is 0 Å². The molecule has 0 radical (unpaired) electrons. The number of rotatable bonds is 9. The van der Waals surface area contributed by atoms with Crippen LogP contribution in [0.1, 0.15) is 26.7 Å². The molecule has 0 saturated carbocycles. The van der Waals surface area contributed by atoms with E-state index in [-0.39, 0.29) is 5.97 Å². The first-order chi connectivity index (χ1) is 8.31. The second-order valence-corrected chi connectivity index (χ2v) is 9.43. The number of hydrogen-bond acceptors (Lipinski definition) is 5. The summed E-state index contributed by atoms with van der Waals surface area (Å²) in [5.74, 6) is -0.253. The molecule has 0 spiro atoms. The summed E-state index contributed by atoms with van der Waals surface area (Å²) in [4.78, 5) is 11.5. The van der Waals surface area contributed by atoms with Crippen LogP contribution in [-0.4, -0.2) is 47.0 Å². The van der Waals surface area contributed by atoms with E-state index < -0.39 is 13.1 Å². The SMILES string of the molecule is CO[Si](CCCCOC(=O)C(C)(C)Br)(OC)OC. The maximum atomic E-state index is 11.5. The van der Waals surface area contributed by atoms with Crippen molar-refractivity contribution in [2.24, 2.45) is 0 Å². The minimum atomic E-state index is -2.48. The number of unbranched alkanes of at least 4 members (excludes halogenated alkanes) is 1. The molecule has 0 fully saturated rings. The van der Waals surface area contributed by atoms with Crippen LogP contribution in [-0.2, 0) is 22.8 Å². The Labute approximate surface area is 119 Å². The lowest BCUT2D eigenvalue weighted by Gasteiger charge is -2.24. The second kappa shape index (κ2) is 8.26. The Morgan fingerprint density at radius 2 is 1.61 bits per heavy atom. The van der Waals surface area contributed by atoms with Crippen LogP contribution in [0.25, 0.3) is 0 Å². The first-order valence-electron chi connectivity index (χ1n) is 5.83. The number of halogens is 1. The predicted octanol–water partition coefficient (Wildman–Crippen LogP) is 2.36. The van der Waals surface area contributed by atoms with Gasteiger partial charge in [0, 0.05) is 27.4 Å². The van der Waals surface area contributed by atoms with Crippen molar-refractivity contribution in [2.75, 3.05) is 27.9 Å². The molecule has 5 nitrogen and oxygen atoms in total. The number of carbonyl (C=O) groups is 1. The van der Waals surface area contributed by atoms with E-state index in [1.54, 1.807) is 35.2 Å². The average Bonchev–Trinajstić information content (AvgIpc) is 2.33. The summed E-state index contributed by atoms with van der Waals surface area (Å²) in [5.41, 5.74) is 0. The van der Waals surface area contributed by atoms with Crippen molar-refractivity contribution in [1.29, 1.82) is 0 Å². The molecule has 0 heterocycles. The lowest BCUT2D eigenvalue weighted by molar-refractivity contribution is -0.145. The van der Waals surface area contributed by atoms with Gasteiger partial charge in [0.05, 0.1) is 6.61 Å². The minimum absolute atomic E-state index is 0.253. The van der Waals surface area contributed by atoms with Gasteiger partial charge < -0.3 is 18.0 Å². The van der Waals surface area contributed by atoms with Crippen LogP contribution in [0.2, 0.25) is 6.04 Å². The molecule has 0 bridgehead atoms. The number of alkyl halides is 1. The third-order valence-corrected chi connectivity index (χ3v) is 5.68. The van der Waals surface area contributed by atoms with E-state index in [1.807, 2.05) is 0 Å². The molecule has 0 aromatic carbocycles. The number of carbonyl (C=O) groups excluding carboxylic acids is 1. The Bertz CT molecular complexity index is 242. The molecule has 0 N–H and O–H groups in total. The Morgan fingerprint density at radius 3 is 2.00 bits per heavy atom. The summed E-state index contributed by atoms with van der Waals surface area (Å²) in [6, 6.07) is 0.714. The van der Waals surface area contributed by atoms with Crippen LogP contribution < -0.4 is 0 Å². The van der Waals surface area contributed by atoms with Gasteiger partial charge in [-0.15, -0.1) is 0 Å². The fourth-order valence-electron chi connectivity index (χ4n) is 1.34. The molecule has 0 aromatic rings. The van der Waals surface area contributed by atoms with Gasteiger partial charge in [-0.25, -0.2) is 0 Å². The van der Waals surface area contributed by atoms with E-state index in [2.05, 4.69) is 15.9 Å². The Kier molecular flexibility index (Phi) is 8.29. The highest BCUT2D eigenvalue weighted by Gasteiger charge is 2.36. The molecule has 7 heteroatoms. The van der Waals surface area contributed by atoms with Gasteiger partial charge in [-0.3, -0.25) is 4.79 Å². The van der Waals surface area contributed by atoms with E-state index >= 15 is 0 Å². The Balaban J connectivity index is 3.84. The first kappa shape index (κ1) is 18.0. The summed E-state index contributed by atoms with van der Waals surface area (Å²) in [6.45, 7) is 3.91. The summed E-state index contributed by atoms with van der Waals surface area (Å²) >= 11 is 3.25. The molecule has 0 aliphatic rings. The van der Waals surface area contributed by atoms with E-state index in [0.29, 0.717) is 12.7 Å². The van der Waals surface area contributed by atoms with Crippen molar-refractivity contribution in [1.82, 2.24) is 0 Å². The van der Waals surface area contributed by atoms with Gasteiger partial charge in [0.15, 0.2) is 0 Å². The third-order valence-electron chi connectivity index (χ3n) is 2.53. The fourth-order valence-corrected chi connectivity index (χ4v) is 3.25. The zero-order chi connectivity index (χ0) is 14.2. The van der Waals surface area contributed by atoms with Gasteiger partial charge in [0.1, 0.15) is 4.32 Å². The minimum Gasteiger partial charge on any atom is -0.465 e. The maximum absolute atomic E-state index is 11.5. The number of hydrogen-bond donors (Lipinski definition) is 0. The van der Waals surface area contributed by atoms with Gasteiger partial charge in [0.2, 0.25) is 0 Å².